The second-order valence-electron chi connectivity index (χ2n) is 6.54. The number of rotatable bonds is 19. The van der Waals surface area contributed by atoms with Crippen molar-refractivity contribution in [3.05, 3.63) is 0 Å². The summed E-state index contributed by atoms with van der Waals surface area (Å²) in [5.41, 5.74) is 0. The van der Waals surface area contributed by atoms with Crippen molar-refractivity contribution in [1.82, 2.24) is 10.6 Å². The molecular formula is C20H50N2O6Si2. The lowest BCUT2D eigenvalue weighted by molar-refractivity contribution is 0.0293. The van der Waals surface area contributed by atoms with Gasteiger partial charge in [-0.1, -0.05) is 13.3 Å². The molecule has 0 aliphatic heterocycles. The van der Waals surface area contributed by atoms with Crippen LogP contribution in [0.1, 0.15) is 61.3 Å². The van der Waals surface area contributed by atoms with Crippen molar-refractivity contribution >= 4 is 17.6 Å². The van der Waals surface area contributed by atoms with Crippen molar-refractivity contribution in [2.45, 2.75) is 79.6 Å². The molecule has 0 fully saturated rings. The van der Waals surface area contributed by atoms with E-state index in [0.29, 0.717) is 33.0 Å². The summed E-state index contributed by atoms with van der Waals surface area (Å²) in [6.45, 7) is 18.2. The maximum atomic E-state index is 5.89. The fourth-order valence-electron chi connectivity index (χ4n) is 2.87. The summed E-state index contributed by atoms with van der Waals surface area (Å²) in [6, 6.07) is 1.77. The van der Waals surface area contributed by atoms with Crippen LogP contribution in [-0.2, 0) is 26.6 Å². The van der Waals surface area contributed by atoms with Gasteiger partial charge in [-0.15, -0.1) is 0 Å². The summed E-state index contributed by atoms with van der Waals surface area (Å²) in [5, 5.41) is 6.17. The van der Waals surface area contributed by atoms with Crippen LogP contribution >= 0.6 is 0 Å². The quantitative estimate of drug-likeness (QED) is 0.168. The van der Waals surface area contributed by atoms with Crippen molar-refractivity contribution < 1.29 is 26.6 Å². The van der Waals surface area contributed by atoms with Gasteiger partial charge in [0.25, 0.3) is 0 Å². The van der Waals surface area contributed by atoms with Crippen LogP contribution in [0.4, 0.5) is 0 Å². The smallest absolute Gasteiger partial charge is 0.374 e. The first-order valence-corrected chi connectivity index (χ1v) is 15.4. The zero-order valence-corrected chi connectivity index (χ0v) is 23.1. The highest BCUT2D eigenvalue weighted by atomic mass is 28.4. The standard InChI is InChI=1S/2C10H25NO3Si/c1-6-9-15(12-7-2,13-8-3)14-10(4)11-5;1-5-12-15(13-6-2,14-7-3)10-8-9-11-4/h10-11H,6-9H2,1-5H3;11H,5-10H2,1-4H3. The van der Waals surface area contributed by atoms with Gasteiger partial charge in [0.05, 0.1) is 6.23 Å². The molecule has 0 bridgehead atoms. The highest BCUT2D eigenvalue weighted by molar-refractivity contribution is 6.61. The largest absolute Gasteiger partial charge is 0.502 e. The summed E-state index contributed by atoms with van der Waals surface area (Å²) >= 11 is 0. The summed E-state index contributed by atoms with van der Waals surface area (Å²) in [7, 11) is -0.996. The molecule has 30 heavy (non-hydrogen) atoms. The normalized spacial score (nSPS) is 13.1. The van der Waals surface area contributed by atoms with Gasteiger partial charge in [-0.05, 0) is 68.6 Å². The van der Waals surface area contributed by atoms with E-state index in [0.717, 1.165) is 31.5 Å². The van der Waals surface area contributed by atoms with Crippen LogP contribution in [0, 0.1) is 0 Å². The Labute approximate surface area is 188 Å². The molecule has 1 unspecified atom stereocenters. The van der Waals surface area contributed by atoms with Crippen LogP contribution in [0.2, 0.25) is 12.1 Å². The van der Waals surface area contributed by atoms with E-state index in [9.17, 15) is 0 Å². The van der Waals surface area contributed by atoms with Crippen LogP contribution in [-0.4, -0.2) is 77.5 Å². The van der Waals surface area contributed by atoms with Gasteiger partial charge in [0.15, 0.2) is 0 Å². The topological polar surface area (TPSA) is 79.4 Å². The monoisotopic (exact) mass is 470 g/mol. The fraction of sp³-hybridized carbons (Fsp3) is 1.00. The highest BCUT2D eigenvalue weighted by Gasteiger charge is 2.41. The molecule has 184 valence electrons. The molecule has 0 amide bonds. The van der Waals surface area contributed by atoms with E-state index in [-0.39, 0.29) is 6.23 Å². The van der Waals surface area contributed by atoms with E-state index in [2.05, 4.69) is 17.6 Å². The van der Waals surface area contributed by atoms with Gasteiger partial charge in [-0.2, -0.15) is 0 Å². The molecule has 0 heterocycles. The zero-order chi connectivity index (χ0) is 23.3. The Bertz CT molecular complexity index is 336. The van der Waals surface area contributed by atoms with Crippen molar-refractivity contribution in [1.29, 1.82) is 0 Å². The summed E-state index contributed by atoms with van der Waals surface area (Å²) in [5.74, 6) is 0. The average Bonchev–Trinajstić information content (AvgIpc) is 2.70. The molecule has 0 aromatic carbocycles. The van der Waals surface area contributed by atoms with Crippen molar-refractivity contribution in [3.8, 4) is 0 Å². The minimum atomic E-state index is -2.44. The second kappa shape index (κ2) is 21.0. The van der Waals surface area contributed by atoms with Gasteiger partial charge in [0.2, 0.25) is 0 Å². The predicted octanol–water partition coefficient (Wildman–Crippen LogP) is 3.63. The lowest BCUT2D eigenvalue weighted by Crippen LogP contribution is -2.50. The fourth-order valence-corrected chi connectivity index (χ4v) is 8.26. The first kappa shape index (κ1) is 32.3. The lowest BCUT2D eigenvalue weighted by atomic mass is 10.5. The van der Waals surface area contributed by atoms with Gasteiger partial charge in [-0.3, -0.25) is 5.32 Å². The Hall–Kier alpha value is 0.114. The maximum Gasteiger partial charge on any atom is 0.502 e. The highest BCUT2D eigenvalue weighted by Crippen LogP contribution is 2.19. The van der Waals surface area contributed by atoms with E-state index in [1.165, 1.54) is 0 Å². The van der Waals surface area contributed by atoms with Gasteiger partial charge in [-0.25, -0.2) is 0 Å². The van der Waals surface area contributed by atoms with E-state index >= 15 is 0 Å². The molecule has 0 saturated carbocycles. The van der Waals surface area contributed by atoms with Crippen LogP contribution in [0.15, 0.2) is 0 Å². The van der Waals surface area contributed by atoms with Gasteiger partial charge >= 0.3 is 17.6 Å². The Morgan fingerprint density at radius 1 is 0.667 bits per heavy atom. The van der Waals surface area contributed by atoms with Gasteiger partial charge in [0, 0.05) is 45.1 Å². The van der Waals surface area contributed by atoms with Crippen molar-refractivity contribution in [2.24, 2.45) is 0 Å². The molecule has 0 saturated heterocycles. The van der Waals surface area contributed by atoms with Gasteiger partial charge < -0.3 is 31.9 Å². The third-order valence-corrected chi connectivity index (χ3v) is 10.5. The molecule has 10 heteroatoms. The van der Waals surface area contributed by atoms with Crippen molar-refractivity contribution in [2.75, 3.05) is 53.7 Å². The third kappa shape index (κ3) is 15.0. The van der Waals surface area contributed by atoms with E-state index in [1.807, 2.05) is 55.6 Å². The molecule has 0 aromatic rings. The van der Waals surface area contributed by atoms with E-state index in [4.69, 9.17) is 26.6 Å². The summed E-state index contributed by atoms with van der Waals surface area (Å²) in [6.07, 6.45) is 2.02. The molecule has 0 spiro atoms. The maximum absolute atomic E-state index is 5.89. The Morgan fingerprint density at radius 2 is 1.10 bits per heavy atom. The van der Waals surface area contributed by atoms with Crippen LogP contribution in [0.5, 0.6) is 0 Å². The minimum absolute atomic E-state index is 0.0266. The Kier molecular flexibility index (Phi) is 22.6. The first-order chi connectivity index (χ1) is 14.4. The number of hydrogen-bond acceptors (Lipinski definition) is 8. The lowest BCUT2D eigenvalue weighted by Gasteiger charge is -2.31. The predicted molar refractivity (Wildman–Crippen MR) is 128 cm³/mol. The minimum Gasteiger partial charge on any atom is -0.374 e. The molecule has 2 N–H and O–H groups in total. The average molecular weight is 471 g/mol. The van der Waals surface area contributed by atoms with E-state index < -0.39 is 17.6 Å². The van der Waals surface area contributed by atoms with Crippen molar-refractivity contribution in [3.63, 3.8) is 0 Å². The Morgan fingerprint density at radius 3 is 1.43 bits per heavy atom. The molecule has 0 rings (SSSR count). The van der Waals surface area contributed by atoms with Crippen LogP contribution < -0.4 is 10.6 Å². The van der Waals surface area contributed by atoms with Crippen LogP contribution in [0.3, 0.4) is 0 Å². The van der Waals surface area contributed by atoms with E-state index in [1.54, 1.807) is 0 Å². The number of hydrogen-bond donors (Lipinski definition) is 2. The molecule has 0 radical (unpaired) electrons. The molecule has 8 nitrogen and oxygen atoms in total. The molecule has 0 aliphatic carbocycles. The SMILES string of the molecule is CCC[Si](OCC)(OCC)OC(C)NC.CCO[Si](CCCNC)(OCC)OCC. The van der Waals surface area contributed by atoms with Crippen LogP contribution in [0.25, 0.3) is 0 Å². The Balaban J connectivity index is 0. The summed E-state index contributed by atoms with van der Waals surface area (Å²) in [4.78, 5) is 0. The molecule has 0 aromatic heterocycles. The molecule has 0 aliphatic rings. The first-order valence-electron chi connectivity index (χ1n) is 11.6. The number of nitrogens with one attached hydrogen (secondary N) is 2. The molecule has 1 atom stereocenters. The molecular weight excluding hydrogens is 420 g/mol. The van der Waals surface area contributed by atoms with Gasteiger partial charge in [0.1, 0.15) is 0 Å². The third-order valence-electron chi connectivity index (χ3n) is 4.05. The second-order valence-corrected chi connectivity index (χ2v) is 11.9. The zero-order valence-electron chi connectivity index (χ0n) is 21.1. The summed E-state index contributed by atoms with van der Waals surface area (Å²) < 4.78 is 34.5.